The van der Waals surface area contributed by atoms with Crippen LogP contribution in [0.4, 0.5) is 5.69 Å². The van der Waals surface area contributed by atoms with E-state index in [4.69, 9.17) is 4.74 Å². The summed E-state index contributed by atoms with van der Waals surface area (Å²) >= 11 is 0. The Morgan fingerprint density at radius 2 is 2.18 bits per heavy atom. The SMILES string of the molecule is COc1ccc2c(c1)CCCN2C(=O)C(C)C. The molecule has 0 spiro atoms. The maximum absolute atomic E-state index is 12.1. The summed E-state index contributed by atoms with van der Waals surface area (Å²) in [5, 5.41) is 0. The highest BCUT2D eigenvalue weighted by Gasteiger charge is 2.24. The van der Waals surface area contributed by atoms with Crippen LogP contribution in [0.3, 0.4) is 0 Å². The molecule has 1 heterocycles. The summed E-state index contributed by atoms with van der Waals surface area (Å²) in [7, 11) is 1.67. The van der Waals surface area contributed by atoms with Gasteiger partial charge in [0, 0.05) is 18.2 Å². The zero-order valence-corrected chi connectivity index (χ0v) is 10.7. The molecular weight excluding hydrogens is 214 g/mol. The number of carbonyl (C=O) groups is 1. The van der Waals surface area contributed by atoms with Gasteiger partial charge in [-0.1, -0.05) is 13.8 Å². The number of ether oxygens (including phenoxy) is 1. The van der Waals surface area contributed by atoms with Gasteiger partial charge in [-0.2, -0.15) is 0 Å². The van der Waals surface area contributed by atoms with Crippen molar-refractivity contribution in [2.75, 3.05) is 18.6 Å². The molecule has 0 aliphatic carbocycles. The van der Waals surface area contributed by atoms with E-state index in [1.807, 2.05) is 36.9 Å². The number of methoxy groups -OCH3 is 1. The lowest BCUT2D eigenvalue weighted by Crippen LogP contribution is -2.38. The number of aryl methyl sites for hydroxylation is 1. The maximum Gasteiger partial charge on any atom is 0.229 e. The predicted molar refractivity (Wildman–Crippen MR) is 68.5 cm³/mol. The van der Waals surface area contributed by atoms with Gasteiger partial charge < -0.3 is 9.64 Å². The summed E-state index contributed by atoms with van der Waals surface area (Å²) in [4.78, 5) is 14.0. The highest BCUT2D eigenvalue weighted by atomic mass is 16.5. The molecule has 0 bridgehead atoms. The molecule has 92 valence electrons. The predicted octanol–water partition coefficient (Wildman–Crippen LogP) is 2.63. The van der Waals surface area contributed by atoms with Gasteiger partial charge >= 0.3 is 0 Å². The van der Waals surface area contributed by atoms with Crippen LogP contribution in [0.25, 0.3) is 0 Å². The highest BCUT2D eigenvalue weighted by molar-refractivity contribution is 5.95. The number of amides is 1. The first kappa shape index (κ1) is 12.0. The van der Waals surface area contributed by atoms with Crippen LogP contribution in [0.15, 0.2) is 18.2 Å². The third-order valence-electron chi connectivity index (χ3n) is 3.17. The molecule has 1 aliphatic rings. The molecular formula is C14H19NO2. The summed E-state index contributed by atoms with van der Waals surface area (Å²) in [6.45, 7) is 4.72. The minimum atomic E-state index is 0.0445. The van der Waals surface area contributed by atoms with Crippen LogP contribution < -0.4 is 9.64 Å². The summed E-state index contributed by atoms with van der Waals surface area (Å²) in [5.74, 6) is 1.11. The number of hydrogen-bond donors (Lipinski definition) is 0. The van der Waals surface area contributed by atoms with E-state index in [1.54, 1.807) is 7.11 Å². The average Bonchev–Trinajstić information content (AvgIpc) is 2.36. The third kappa shape index (κ3) is 2.28. The van der Waals surface area contributed by atoms with E-state index in [-0.39, 0.29) is 11.8 Å². The molecule has 1 aromatic carbocycles. The Bertz CT molecular complexity index is 426. The summed E-state index contributed by atoms with van der Waals surface area (Å²) < 4.78 is 5.22. The lowest BCUT2D eigenvalue weighted by atomic mass is 10.00. The van der Waals surface area contributed by atoms with Crippen molar-refractivity contribution in [2.24, 2.45) is 5.92 Å². The number of nitrogens with zero attached hydrogens (tertiary/aromatic N) is 1. The monoisotopic (exact) mass is 233 g/mol. The molecule has 1 aliphatic heterocycles. The number of fused-ring (bicyclic) bond motifs is 1. The fourth-order valence-electron chi connectivity index (χ4n) is 2.24. The van der Waals surface area contributed by atoms with E-state index in [2.05, 4.69) is 0 Å². The van der Waals surface area contributed by atoms with Gasteiger partial charge in [0.2, 0.25) is 5.91 Å². The van der Waals surface area contributed by atoms with Crippen molar-refractivity contribution in [3.8, 4) is 5.75 Å². The molecule has 3 heteroatoms. The zero-order valence-electron chi connectivity index (χ0n) is 10.7. The molecule has 1 amide bonds. The van der Waals surface area contributed by atoms with E-state index in [1.165, 1.54) is 5.56 Å². The molecule has 0 N–H and O–H groups in total. The van der Waals surface area contributed by atoms with Crippen LogP contribution in [0.1, 0.15) is 25.8 Å². The number of rotatable bonds is 2. The zero-order chi connectivity index (χ0) is 12.4. The molecule has 0 aromatic heterocycles. The van der Waals surface area contributed by atoms with Crippen molar-refractivity contribution in [2.45, 2.75) is 26.7 Å². The Morgan fingerprint density at radius 3 is 2.82 bits per heavy atom. The Balaban J connectivity index is 2.35. The summed E-state index contributed by atoms with van der Waals surface area (Å²) in [6.07, 6.45) is 2.05. The summed E-state index contributed by atoms with van der Waals surface area (Å²) in [6, 6.07) is 5.95. The first-order valence-electron chi connectivity index (χ1n) is 6.11. The topological polar surface area (TPSA) is 29.5 Å². The van der Waals surface area contributed by atoms with Crippen LogP contribution in [0.2, 0.25) is 0 Å². The Hall–Kier alpha value is -1.51. The van der Waals surface area contributed by atoms with Gasteiger partial charge in [-0.3, -0.25) is 4.79 Å². The number of hydrogen-bond acceptors (Lipinski definition) is 2. The summed E-state index contributed by atoms with van der Waals surface area (Å²) in [5.41, 5.74) is 2.26. The average molecular weight is 233 g/mol. The normalized spacial score (nSPS) is 14.7. The van der Waals surface area contributed by atoms with Gasteiger partial charge in [0.05, 0.1) is 7.11 Å². The van der Waals surface area contributed by atoms with Crippen LogP contribution in [0.5, 0.6) is 5.75 Å². The minimum Gasteiger partial charge on any atom is -0.497 e. The second-order valence-electron chi connectivity index (χ2n) is 4.74. The van der Waals surface area contributed by atoms with Crippen molar-refractivity contribution in [3.05, 3.63) is 23.8 Å². The van der Waals surface area contributed by atoms with Gasteiger partial charge in [0.1, 0.15) is 5.75 Å². The van der Waals surface area contributed by atoms with Crippen LogP contribution in [-0.4, -0.2) is 19.6 Å². The fraction of sp³-hybridized carbons (Fsp3) is 0.500. The standard InChI is InChI=1S/C14H19NO2/c1-10(2)14(16)15-8-4-5-11-9-12(17-3)6-7-13(11)15/h6-7,9-10H,4-5,8H2,1-3H3. The third-order valence-corrected chi connectivity index (χ3v) is 3.17. The van der Waals surface area contributed by atoms with Gasteiger partial charge in [-0.05, 0) is 36.6 Å². The van der Waals surface area contributed by atoms with E-state index < -0.39 is 0 Å². The molecule has 0 saturated carbocycles. The fourth-order valence-corrected chi connectivity index (χ4v) is 2.24. The molecule has 0 radical (unpaired) electrons. The molecule has 0 fully saturated rings. The van der Waals surface area contributed by atoms with E-state index in [0.717, 1.165) is 30.8 Å². The van der Waals surface area contributed by atoms with Gasteiger partial charge in [0.15, 0.2) is 0 Å². The Morgan fingerprint density at radius 1 is 1.41 bits per heavy atom. The van der Waals surface area contributed by atoms with Crippen molar-refractivity contribution in [1.29, 1.82) is 0 Å². The Labute approximate surface area is 102 Å². The maximum atomic E-state index is 12.1. The first-order valence-corrected chi connectivity index (χ1v) is 6.11. The van der Waals surface area contributed by atoms with Gasteiger partial charge in [-0.25, -0.2) is 0 Å². The van der Waals surface area contributed by atoms with Gasteiger partial charge in [0.25, 0.3) is 0 Å². The second-order valence-corrected chi connectivity index (χ2v) is 4.74. The molecule has 3 nitrogen and oxygen atoms in total. The van der Waals surface area contributed by atoms with Crippen molar-refractivity contribution in [3.63, 3.8) is 0 Å². The lowest BCUT2D eigenvalue weighted by Gasteiger charge is -2.31. The molecule has 1 aromatic rings. The van der Waals surface area contributed by atoms with E-state index in [9.17, 15) is 4.79 Å². The molecule has 0 saturated heterocycles. The van der Waals surface area contributed by atoms with E-state index >= 15 is 0 Å². The van der Waals surface area contributed by atoms with Crippen molar-refractivity contribution < 1.29 is 9.53 Å². The van der Waals surface area contributed by atoms with E-state index in [0.29, 0.717) is 0 Å². The smallest absolute Gasteiger partial charge is 0.229 e. The molecule has 2 rings (SSSR count). The van der Waals surface area contributed by atoms with Crippen LogP contribution in [0, 0.1) is 5.92 Å². The largest absolute Gasteiger partial charge is 0.497 e. The van der Waals surface area contributed by atoms with Crippen molar-refractivity contribution >= 4 is 11.6 Å². The highest BCUT2D eigenvalue weighted by Crippen LogP contribution is 2.31. The molecule has 0 atom stereocenters. The van der Waals surface area contributed by atoms with Crippen LogP contribution >= 0.6 is 0 Å². The quantitative estimate of drug-likeness (QED) is 0.786. The second kappa shape index (κ2) is 4.78. The first-order chi connectivity index (χ1) is 8.13. The van der Waals surface area contributed by atoms with Crippen molar-refractivity contribution in [1.82, 2.24) is 0 Å². The number of benzene rings is 1. The number of carbonyl (C=O) groups excluding carboxylic acids is 1. The minimum absolute atomic E-state index is 0.0445. The number of anilines is 1. The molecule has 17 heavy (non-hydrogen) atoms. The Kier molecular flexibility index (Phi) is 3.36. The van der Waals surface area contributed by atoms with Crippen LogP contribution in [-0.2, 0) is 11.2 Å². The van der Waals surface area contributed by atoms with Gasteiger partial charge in [-0.15, -0.1) is 0 Å². The molecule has 0 unspecified atom stereocenters. The lowest BCUT2D eigenvalue weighted by molar-refractivity contribution is -0.121.